The van der Waals surface area contributed by atoms with Gasteiger partial charge < -0.3 is 16.0 Å². The Hall–Kier alpha value is -2.58. The Balaban J connectivity index is 1.28. The molecule has 0 spiro atoms. The number of H-pyrrole nitrogens is 1. The number of nitrogens with zero attached hydrogens (tertiary/aromatic N) is 2. The van der Waals surface area contributed by atoms with E-state index in [0.29, 0.717) is 23.1 Å². The molecular formula is C25H32Cl2N6O2. The molecule has 2 amide bonds. The molecule has 10 heteroatoms. The predicted molar refractivity (Wildman–Crippen MR) is 138 cm³/mol. The number of benzene rings is 1. The van der Waals surface area contributed by atoms with Crippen LogP contribution in [0.5, 0.6) is 0 Å². The minimum absolute atomic E-state index is 0.0680. The van der Waals surface area contributed by atoms with Crippen molar-refractivity contribution in [1.82, 2.24) is 20.4 Å². The van der Waals surface area contributed by atoms with Gasteiger partial charge in [0.15, 0.2) is 0 Å². The third kappa shape index (κ3) is 5.98. The molecule has 0 bridgehead atoms. The lowest BCUT2D eigenvalue weighted by Crippen LogP contribution is -2.48. The third-order valence-electron chi connectivity index (χ3n) is 7.27. The van der Waals surface area contributed by atoms with Gasteiger partial charge in [-0.3, -0.25) is 20.1 Å². The van der Waals surface area contributed by atoms with E-state index >= 15 is 0 Å². The maximum Gasteiger partial charge on any atom is 0.241 e. The van der Waals surface area contributed by atoms with Crippen molar-refractivity contribution in [2.45, 2.75) is 50.9 Å². The predicted octanol–water partition coefficient (Wildman–Crippen LogP) is 4.34. The van der Waals surface area contributed by atoms with E-state index in [0.717, 1.165) is 61.9 Å². The van der Waals surface area contributed by atoms with Gasteiger partial charge in [0.25, 0.3) is 0 Å². The molecule has 1 aromatic heterocycles. The fourth-order valence-electron chi connectivity index (χ4n) is 5.29. The lowest BCUT2D eigenvalue weighted by atomic mass is 9.79. The van der Waals surface area contributed by atoms with Crippen molar-refractivity contribution in [3.8, 4) is 11.3 Å². The Morgan fingerprint density at radius 2 is 1.89 bits per heavy atom. The quantitative estimate of drug-likeness (QED) is 0.321. The van der Waals surface area contributed by atoms with Gasteiger partial charge in [0.2, 0.25) is 11.8 Å². The van der Waals surface area contributed by atoms with Crippen molar-refractivity contribution in [2.75, 3.05) is 19.6 Å². The number of carbonyl (C=O) groups excluding carboxylic acids is 2. The number of nitrogens with two attached hydrogens (primary N) is 1. The Bertz CT molecular complexity index is 1070. The molecule has 188 valence electrons. The van der Waals surface area contributed by atoms with Gasteiger partial charge in [-0.05, 0) is 43.7 Å². The van der Waals surface area contributed by atoms with Gasteiger partial charge in [-0.25, -0.2) is 0 Å². The van der Waals surface area contributed by atoms with Gasteiger partial charge in [0.1, 0.15) is 5.84 Å². The summed E-state index contributed by atoms with van der Waals surface area (Å²) in [6.07, 6.45) is 6.66. The third-order valence-corrected chi connectivity index (χ3v) is 8.08. The second-order valence-corrected chi connectivity index (χ2v) is 10.3. The van der Waals surface area contributed by atoms with E-state index < -0.39 is 5.92 Å². The Morgan fingerprint density at radius 3 is 2.57 bits per heavy atom. The highest BCUT2D eigenvalue weighted by molar-refractivity contribution is 6.43. The van der Waals surface area contributed by atoms with Crippen LogP contribution in [0.3, 0.4) is 0 Å². The number of nitrogens with one attached hydrogen (secondary N) is 3. The standard InChI is InChI=1S/C25H32Cl2N6O2/c26-18-8-4-7-17(23(18)27)20-13-19(31-32-20)15-9-11-33(12-10-15)21(34)14-30-25(35)22(24(28)29)16-5-2-1-3-6-16/h4,7-8,13,15-16,22H,1-3,5-6,9-12,14H2,(H3,28,29)(H,30,35)(H,31,32)/t22-/m1/s1. The number of amidine groups is 1. The highest BCUT2D eigenvalue weighted by Gasteiger charge is 2.33. The molecule has 1 aliphatic heterocycles. The Kier molecular flexibility index (Phi) is 8.34. The summed E-state index contributed by atoms with van der Waals surface area (Å²) in [6.45, 7) is 1.14. The van der Waals surface area contributed by atoms with Crippen LogP contribution in [0.25, 0.3) is 11.3 Å². The number of carbonyl (C=O) groups is 2. The van der Waals surface area contributed by atoms with Crippen molar-refractivity contribution in [3.05, 3.63) is 40.0 Å². The van der Waals surface area contributed by atoms with E-state index in [-0.39, 0.29) is 36.0 Å². The summed E-state index contributed by atoms with van der Waals surface area (Å²) < 4.78 is 0. The molecule has 5 N–H and O–H groups in total. The molecule has 2 aliphatic rings. The number of aromatic nitrogens is 2. The van der Waals surface area contributed by atoms with Gasteiger partial charge in [0, 0.05) is 30.3 Å². The molecule has 0 unspecified atom stereocenters. The zero-order valence-electron chi connectivity index (χ0n) is 19.7. The van der Waals surface area contributed by atoms with Crippen LogP contribution in [-0.2, 0) is 9.59 Å². The van der Waals surface area contributed by atoms with Gasteiger partial charge in [-0.2, -0.15) is 5.10 Å². The van der Waals surface area contributed by atoms with Crippen LogP contribution in [0.4, 0.5) is 0 Å². The number of amides is 2. The Labute approximate surface area is 215 Å². The van der Waals surface area contributed by atoms with E-state index in [2.05, 4.69) is 15.5 Å². The number of aromatic amines is 1. The minimum Gasteiger partial charge on any atom is -0.387 e. The average molecular weight is 519 g/mol. The first-order chi connectivity index (χ1) is 16.8. The maximum absolute atomic E-state index is 12.8. The molecule has 2 fully saturated rings. The molecule has 1 aliphatic carbocycles. The van der Waals surface area contributed by atoms with Crippen LogP contribution in [0.15, 0.2) is 24.3 Å². The largest absolute Gasteiger partial charge is 0.387 e. The van der Waals surface area contributed by atoms with Crippen molar-refractivity contribution in [2.24, 2.45) is 17.6 Å². The molecule has 1 atom stereocenters. The fourth-order valence-corrected chi connectivity index (χ4v) is 5.68. The SMILES string of the molecule is N=C(N)[C@H](C(=O)NCC(=O)N1CCC(c2cc(-c3cccc(Cl)c3Cl)n[nH]2)CC1)C1CCCCC1. The average Bonchev–Trinajstić information content (AvgIpc) is 3.35. The second kappa shape index (κ2) is 11.4. The van der Waals surface area contributed by atoms with E-state index in [9.17, 15) is 9.59 Å². The molecule has 8 nitrogen and oxygen atoms in total. The topological polar surface area (TPSA) is 128 Å². The molecule has 1 aromatic carbocycles. The van der Waals surface area contributed by atoms with Gasteiger partial charge in [0.05, 0.1) is 28.2 Å². The maximum atomic E-state index is 12.8. The number of rotatable bonds is 7. The van der Waals surface area contributed by atoms with E-state index in [1.165, 1.54) is 0 Å². The zero-order chi connectivity index (χ0) is 24.9. The van der Waals surface area contributed by atoms with Crippen molar-refractivity contribution >= 4 is 40.9 Å². The molecule has 0 radical (unpaired) electrons. The summed E-state index contributed by atoms with van der Waals surface area (Å²) in [5.41, 5.74) is 8.28. The smallest absolute Gasteiger partial charge is 0.241 e. The summed E-state index contributed by atoms with van der Waals surface area (Å²) in [5.74, 6) is -0.831. The highest BCUT2D eigenvalue weighted by atomic mass is 35.5. The summed E-state index contributed by atoms with van der Waals surface area (Å²) in [4.78, 5) is 27.3. The number of piperidine rings is 1. The first kappa shape index (κ1) is 25.5. The van der Waals surface area contributed by atoms with E-state index in [1.54, 1.807) is 11.0 Å². The minimum atomic E-state index is -0.642. The molecule has 1 saturated carbocycles. The molecule has 2 heterocycles. The first-order valence-corrected chi connectivity index (χ1v) is 13.0. The molecular weight excluding hydrogens is 487 g/mol. The molecule has 2 aromatic rings. The van der Waals surface area contributed by atoms with Gasteiger partial charge >= 0.3 is 0 Å². The molecule has 35 heavy (non-hydrogen) atoms. The van der Waals surface area contributed by atoms with Crippen LogP contribution < -0.4 is 11.1 Å². The van der Waals surface area contributed by atoms with Crippen LogP contribution in [0.2, 0.25) is 10.0 Å². The van der Waals surface area contributed by atoms with Crippen molar-refractivity contribution < 1.29 is 9.59 Å². The highest BCUT2D eigenvalue weighted by Crippen LogP contribution is 2.35. The summed E-state index contributed by atoms with van der Waals surface area (Å²) in [5, 5.41) is 19.1. The molecule has 1 saturated heterocycles. The zero-order valence-corrected chi connectivity index (χ0v) is 21.2. The second-order valence-electron chi connectivity index (χ2n) is 9.51. The van der Waals surface area contributed by atoms with Crippen molar-refractivity contribution in [1.29, 1.82) is 5.41 Å². The fraction of sp³-hybridized carbons (Fsp3) is 0.520. The van der Waals surface area contributed by atoms with Crippen molar-refractivity contribution in [3.63, 3.8) is 0 Å². The van der Waals surface area contributed by atoms with Crippen LogP contribution in [-0.4, -0.2) is 52.4 Å². The normalized spacial score (nSPS) is 18.3. The Morgan fingerprint density at radius 1 is 1.17 bits per heavy atom. The van der Waals surface area contributed by atoms with Gasteiger partial charge in [-0.1, -0.05) is 54.6 Å². The monoisotopic (exact) mass is 518 g/mol. The summed E-state index contributed by atoms with van der Waals surface area (Å²) in [7, 11) is 0. The van der Waals surface area contributed by atoms with Crippen LogP contribution in [0.1, 0.15) is 56.6 Å². The first-order valence-electron chi connectivity index (χ1n) is 12.2. The lowest BCUT2D eigenvalue weighted by Gasteiger charge is -2.32. The number of likely N-dealkylation sites (tertiary alicyclic amines) is 1. The molecule has 4 rings (SSSR count). The summed E-state index contributed by atoms with van der Waals surface area (Å²) >= 11 is 12.5. The summed E-state index contributed by atoms with van der Waals surface area (Å²) in [6, 6.07) is 7.46. The van der Waals surface area contributed by atoms with Crippen LogP contribution >= 0.6 is 23.2 Å². The number of halogens is 2. The lowest BCUT2D eigenvalue weighted by molar-refractivity contribution is -0.134. The van der Waals surface area contributed by atoms with E-state index in [1.807, 2.05) is 18.2 Å². The number of hydrogen-bond donors (Lipinski definition) is 4. The van der Waals surface area contributed by atoms with Crippen LogP contribution in [0, 0.1) is 17.2 Å². The number of hydrogen-bond acceptors (Lipinski definition) is 4. The van der Waals surface area contributed by atoms with E-state index in [4.69, 9.17) is 34.3 Å². The van der Waals surface area contributed by atoms with Gasteiger partial charge in [-0.15, -0.1) is 0 Å².